The molecule has 4 heteroatoms. The second kappa shape index (κ2) is 7.12. The molecule has 0 aliphatic heterocycles. The van der Waals surface area contributed by atoms with E-state index in [-0.39, 0.29) is 17.9 Å². The van der Waals surface area contributed by atoms with Gasteiger partial charge in [0.05, 0.1) is 6.10 Å². The summed E-state index contributed by atoms with van der Waals surface area (Å²) in [5.41, 5.74) is 0. The molecule has 15 heavy (non-hydrogen) atoms. The second-order valence-electron chi connectivity index (χ2n) is 4.16. The number of amides is 1. The number of hydrogen-bond donors (Lipinski definition) is 2. The van der Waals surface area contributed by atoms with Crippen LogP contribution in [0.5, 0.6) is 0 Å². The molecule has 0 aromatic heterocycles. The third-order valence-corrected chi connectivity index (χ3v) is 3.58. The molecule has 0 heterocycles. The molecule has 2 atom stereocenters. The van der Waals surface area contributed by atoms with Crippen molar-refractivity contribution in [2.24, 2.45) is 5.92 Å². The predicted molar refractivity (Wildman–Crippen MR) is 64.0 cm³/mol. The van der Waals surface area contributed by atoms with Gasteiger partial charge in [0, 0.05) is 24.6 Å². The Morgan fingerprint density at radius 1 is 1.47 bits per heavy atom. The molecule has 0 bridgehead atoms. The Kier molecular flexibility index (Phi) is 6.10. The Balaban J connectivity index is 2.14. The van der Waals surface area contributed by atoms with Crippen molar-refractivity contribution in [1.29, 1.82) is 0 Å². The highest BCUT2D eigenvalue weighted by Crippen LogP contribution is 2.23. The largest absolute Gasteiger partial charge is 0.393 e. The number of rotatable bonds is 5. The summed E-state index contributed by atoms with van der Waals surface area (Å²) >= 11 is 1.68. The average molecular weight is 231 g/mol. The van der Waals surface area contributed by atoms with Crippen molar-refractivity contribution < 1.29 is 9.90 Å². The van der Waals surface area contributed by atoms with Crippen LogP contribution in [-0.2, 0) is 4.79 Å². The van der Waals surface area contributed by atoms with Crippen molar-refractivity contribution in [3.8, 4) is 0 Å². The summed E-state index contributed by atoms with van der Waals surface area (Å²) in [4.78, 5) is 11.3. The number of carbonyl (C=O) groups excluding carboxylic acids is 1. The van der Waals surface area contributed by atoms with Gasteiger partial charge in [0.15, 0.2) is 0 Å². The maximum Gasteiger partial charge on any atom is 0.220 e. The minimum absolute atomic E-state index is 0.113. The van der Waals surface area contributed by atoms with Gasteiger partial charge in [0.25, 0.3) is 0 Å². The first-order valence-electron chi connectivity index (χ1n) is 5.67. The predicted octanol–water partition coefficient (Wildman–Crippen LogP) is 1.41. The third-order valence-electron chi connectivity index (χ3n) is 2.96. The highest BCUT2D eigenvalue weighted by molar-refractivity contribution is 7.98. The zero-order valence-electron chi connectivity index (χ0n) is 9.37. The highest BCUT2D eigenvalue weighted by Gasteiger charge is 2.22. The van der Waals surface area contributed by atoms with Gasteiger partial charge in [-0.25, -0.2) is 0 Å². The molecule has 1 fully saturated rings. The van der Waals surface area contributed by atoms with Crippen LogP contribution < -0.4 is 5.32 Å². The molecule has 0 aromatic carbocycles. The monoisotopic (exact) mass is 231 g/mol. The van der Waals surface area contributed by atoms with Gasteiger partial charge in [-0.3, -0.25) is 4.79 Å². The number of nitrogens with one attached hydrogen (secondary N) is 1. The van der Waals surface area contributed by atoms with Gasteiger partial charge in [-0.2, -0.15) is 11.8 Å². The number of carbonyl (C=O) groups is 1. The number of aliphatic hydroxyl groups is 1. The fraction of sp³-hybridized carbons (Fsp3) is 0.909. The molecule has 0 spiro atoms. The van der Waals surface area contributed by atoms with Gasteiger partial charge in [0.1, 0.15) is 0 Å². The van der Waals surface area contributed by atoms with E-state index in [2.05, 4.69) is 5.32 Å². The van der Waals surface area contributed by atoms with Crippen molar-refractivity contribution in [3.63, 3.8) is 0 Å². The molecular formula is C11H21NO2S. The van der Waals surface area contributed by atoms with Crippen LogP contribution >= 0.6 is 11.8 Å². The van der Waals surface area contributed by atoms with E-state index in [4.69, 9.17) is 0 Å². The summed E-state index contributed by atoms with van der Waals surface area (Å²) in [5, 5.41) is 12.6. The van der Waals surface area contributed by atoms with Gasteiger partial charge in [-0.1, -0.05) is 12.8 Å². The minimum Gasteiger partial charge on any atom is -0.393 e. The minimum atomic E-state index is -0.209. The van der Waals surface area contributed by atoms with Crippen molar-refractivity contribution in [3.05, 3.63) is 0 Å². The molecule has 1 aliphatic rings. The SMILES string of the molecule is CSCCC(=O)NCC1CCCCC1O. The molecule has 1 amide bonds. The van der Waals surface area contributed by atoms with E-state index in [1.54, 1.807) is 11.8 Å². The van der Waals surface area contributed by atoms with E-state index in [0.717, 1.165) is 25.0 Å². The second-order valence-corrected chi connectivity index (χ2v) is 5.14. The van der Waals surface area contributed by atoms with Crippen LogP contribution in [0.4, 0.5) is 0 Å². The van der Waals surface area contributed by atoms with E-state index in [1.165, 1.54) is 6.42 Å². The number of hydrogen-bond acceptors (Lipinski definition) is 3. The normalized spacial score (nSPS) is 26.3. The summed E-state index contributed by atoms with van der Waals surface area (Å²) < 4.78 is 0. The molecule has 88 valence electrons. The van der Waals surface area contributed by atoms with Gasteiger partial charge < -0.3 is 10.4 Å². The van der Waals surface area contributed by atoms with Crippen molar-refractivity contribution in [2.75, 3.05) is 18.6 Å². The van der Waals surface area contributed by atoms with E-state index >= 15 is 0 Å². The first-order chi connectivity index (χ1) is 7.24. The lowest BCUT2D eigenvalue weighted by Gasteiger charge is -2.27. The summed E-state index contributed by atoms with van der Waals surface area (Å²) in [5.74, 6) is 1.26. The summed E-state index contributed by atoms with van der Waals surface area (Å²) in [7, 11) is 0. The molecule has 1 rings (SSSR count). The van der Waals surface area contributed by atoms with Crippen molar-refractivity contribution >= 4 is 17.7 Å². The lowest BCUT2D eigenvalue weighted by Crippen LogP contribution is -2.36. The molecule has 2 N–H and O–H groups in total. The molecular weight excluding hydrogens is 210 g/mol. The average Bonchev–Trinajstić information content (AvgIpc) is 2.25. The zero-order chi connectivity index (χ0) is 11.1. The lowest BCUT2D eigenvalue weighted by atomic mass is 9.86. The molecule has 0 radical (unpaired) electrons. The highest BCUT2D eigenvalue weighted by atomic mass is 32.2. The zero-order valence-corrected chi connectivity index (χ0v) is 10.2. The van der Waals surface area contributed by atoms with Crippen LogP contribution in [0.1, 0.15) is 32.1 Å². The molecule has 0 saturated heterocycles. The Labute approximate surface area is 96.0 Å². The molecule has 1 saturated carbocycles. The Morgan fingerprint density at radius 3 is 2.87 bits per heavy atom. The maximum absolute atomic E-state index is 11.3. The van der Waals surface area contributed by atoms with E-state index in [0.29, 0.717) is 13.0 Å². The van der Waals surface area contributed by atoms with Crippen LogP contribution in [0.2, 0.25) is 0 Å². The summed E-state index contributed by atoms with van der Waals surface area (Å²) in [6, 6.07) is 0. The van der Waals surface area contributed by atoms with E-state index in [1.807, 2.05) is 6.26 Å². The van der Waals surface area contributed by atoms with Gasteiger partial charge in [-0.15, -0.1) is 0 Å². The summed E-state index contributed by atoms with van der Waals surface area (Å²) in [6.45, 7) is 0.647. The van der Waals surface area contributed by atoms with Gasteiger partial charge in [-0.05, 0) is 19.1 Å². The van der Waals surface area contributed by atoms with Crippen molar-refractivity contribution in [2.45, 2.75) is 38.2 Å². The Morgan fingerprint density at radius 2 is 2.20 bits per heavy atom. The standard InChI is InChI=1S/C11H21NO2S/c1-15-7-6-11(14)12-8-9-4-2-3-5-10(9)13/h9-10,13H,2-8H2,1H3,(H,12,14). The number of thioether (sulfide) groups is 1. The molecule has 2 unspecified atom stereocenters. The van der Waals surface area contributed by atoms with Crippen LogP contribution in [0, 0.1) is 5.92 Å². The fourth-order valence-electron chi connectivity index (χ4n) is 1.95. The topological polar surface area (TPSA) is 49.3 Å². The fourth-order valence-corrected chi connectivity index (χ4v) is 2.34. The van der Waals surface area contributed by atoms with Crippen molar-refractivity contribution in [1.82, 2.24) is 5.32 Å². The molecule has 0 aromatic rings. The maximum atomic E-state index is 11.3. The number of aliphatic hydroxyl groups excluding tert-OH is 1. The molecule has 3 nitrogen and oxygen atoms in total. The van der Waals surface area contributed by atoms with Gasteiger partial charge >= 0.3 is 0 Å². The molecule has 1 aliphatic carbocycles. The first kappa shape index (κ1) is 12.8. The Bertz CT molecular complexity index is 199. The lowest BCUT2D eigenvalue weighted by molar-refractivity contribution is -0.121. The quantitative estimate of drug-likeness (QED) is 0.752. The van der Waals surface area contributed by atoms with Gasteiger partial charge in [0.2, 0.25) is 5.91 Å². The smallest absolute Gasteiger partial charge is 0.220 e. The van der Waals surface area contributed by atoms with E-state index in [9.17, 15) is 9.90 Å². The first-order valence-corrected chi connectivity index (χ1v) is 7.07. The van der Waals surface area contributed by atoms with Crippen LogP contribution in [-0.4, -0.2) is 35.7 Å². The summed E-state index contributed by atoms with van der Waals surface area (Å²) in [6.07, 6.45) is 6.62. The van der Waals surface area contributed by atoms with Crippen LogP contribution in [0.3, 0.4) is 0 Å². The van der Waals surface area contributed by atoms with E-state index < -0.39 is 0 Å². The third kappa shape index (κ3) is 4.89. The van der Waals surface area contributed by atoms with Crippen LogP contribution in [0.25, 0.3) is 0 Å². The Hall–Kier alpha value is -0.220. The van der Waals surface area contributed by atoms with Crippen LogP contribution in [0.15, 0.2) is 0 Å².